The first kappa shape index (κ1) is 11.6. The van der Waals surface area contributed by atoms with Gasteiger partial charge in [-0.1, -0.05) is 29.8 Å². The summed E-state index contributed by atoms with van der Waals surface area (Å²) in [6, 6.07) is 9.42. The number of rotatable bonds is 3. The van der Waals surface area contributed by atoms with Gasteiger partial charge in [-0.05, 0) is 38.9 Å². The molecule has 1 aliphatic rings. The Kier molecular flexibility index (Phi) is 3.62. The van der Waals surface area contributed by atoms with Crippen molar-refractivity contribution in [1.29, 1.82) is 0 Å². The van der Waals surface area contributed by atoms with Crippen LogP contribution >= 0.6 is 0 Å². The Labute approximate surface area is 98.4 Å². The predicted octanol–water partition coefficient (Wildman–Crippen LogP) is 2.13. The van der Waals surface area contributed by atoms with Gasteiger partial charge in [-0.15, -0.1) is 0 Å². The lowest BCUT2D eigenvalue weighted by atomic mass is 9.89. The molecule has 1 aromatic rings. The van der Waals surface area contributed by atoms with Crippen LogP contribution in [-0.2, 0) is 0 Å². The van der Waals surface area contributed by atoms with Crippen molar-refractivity contribution in [3.63, 3.8) is 0 Å². The van der Waals surface area contributed by atoms with Crippen molar-refractivity contribution in [2.24, 2.45) is 5.73 Å². The summed E-state index contributed by atoms with van der Waals surface area (Å²) in [5, 5.41) is 0. The Hall–Kier alpha value is -0.860. The second-order valence-electron chi connectivity index (χ2n) is 4.95. The van der Waals surface area contributed by atoms with E-state index in [4.69, 9.17) is 5.73 Å². The van der Waals surface area contributed by atoms with E-state index in [2.05, 4.69) is 43.1 Å². The molecule has 0 spiro atoms. The molecule has 1 aliphatic heterocycles. The third kappa shape index (κ3) is 2.28. The highest BCUT2D eigenvalue weighted by atomic mass is 15.2. The number of hydrogen-bond acceptors (Lipinski definition) is 2. The molecule has 0 amide bonds. The Bertz CT molecular complexity index is 348. The van der Waals surface area contributed by atoms with E-state index in [9.17, 15) is 0 Å². The number of hydrogen-bond donors (Lipinski definition) is 1. The van der Waals surface area contributed by atoms with Crippen molar-refractivity contribution in [3.8, 4) is 0 Å². The molecule has 0 aliphatic carbocycles. The van der Waals surface area contributed by atoms with Gasteiger partial charge in [0, 0.05) is 18.5 Å². The Morgan fingerprint density at radius 2 is 2.31 bits per heavy atom. The van der Waals surface area contributed by atoms with E-state index in [1.54, 1.807) is 0 Å². The summed E-state index contributed by atoms with van der Waals surface area (Å²) in [5.74, 6) is 0.493. The summed E-state index contributed by atoms with van der Waals surface area (Å²) < 4.78 is 0. The van der Waals surface area contributed by atoms with Gasteiger partial charge in [0.15, 0.2) is 0 Å². The van der Waals surface area contributed by atoms with Gasteiger partial charge in [0.1, 0.15) is 0 Å². The monoisotopic (exact) mass is 218 g/mol. The Morgan fingerprint density at radius 1 is 1.50 bits per heavy atom. The van der Waals surface area contributed by atoms with Crippen LogP contribution in [-0.4, -0.2) is 31.1 Å². The average Bonchev–Trinajstić information content (AvgIpc) is 2.67. The topological polar surface area (TPSA) is 29.3 Å². The number of likely N-dealkylation sites (N-methyl/N-ethyl adjacent to an activating group) is 1. The van der Waals surface area contributed by atoms with Crippen LogP contribution in [0.25, 0.3) is 0 Å². The predicted molar refractivity (Wildman–Crippen MR) is 68.6 cm³/mol. The van der Waals surface area contributed by atoms with Crippen LogP contribution < -0.4 is 5.73 Å². The number of likely N-dealkylation sites (tertiary alicyclic amines) is 1. The maximum Gasteiger partial charge on any atom is 0.0173 e. The van der Waals surface area contributed by atoms with Gasteiger partial charge in [-0.25, -0.2) is 0 Å². The van der Waals surface area contributed by atoms with Crippen LogP contribution in [0, 0.1) is 6.92 Å². The van der Waals surface area contributed by atoms with E-state index in [1.807, 2.05) is 0 Å². The lowest BCUT2D eigenvalue weighted by Gasteiger charge is -2.28. The highest BCUT2D eigenvalue weighted by Crippen LogP contribution is 2.29. The molecule has 88 valence electrons. The first-order chi connectivity index (χ1) is 7.72. The lowest BCUT2D eigenvalue weighted by Crippen LogP contribution is -2.35. The number of nitrogens with two attached hydrogens (primary N) is 1. The van der Waals surface area contributed by atoms with Crippen LogP contribution in [0.15, 0.2) is 24.3 Å². The van der Waals surface area contributed by atoms with E-state index in [0.29, 0.717) is 12.0 Å². The smallest absolute Gasteiger partial charge is 0.0173 e. The number of benzene rings is 1. The molecular formula is C14H22N2. The van der Waals surface area contributed by atoms with Crippen molar-refractivity contribution in [2.45, 2.75) is 31.7 Å². The molecule has 0 radical (unpaired) electrons. The van der Waals surface area contributed by atoms with Crippen molar-refractivity contribution < 1.29 is 0 Å². The molecule has 0 saturated carbocycles. The molecule has 1 fully saturated rings. The summed E-state index contributed by atoms with van der Waals surface area (Å²) in [7, 11) is 2.22. The standard InChI is InChI=1S/C14H22N2/c1-11-5-3-6-12(9-11)13(10-15)14-7-4-8-16(14)2/h3,5-6,9,13-14H,4,7-8,10,15H2,1-2H3. The van der Waals surface area contributed by atoms with Crippen molar-refractivity contribution in [1.82, 2.24) is 4.90 Å². The van der Waals surface area contributed by atoms with Gasteiger partial charge < -0.3 is 10.6 Å². The molecule has 2 N–H and O–H groups in total. The lowest BCUT2D eigenvalue weighted by molar-refractivity contribution is 0.273. The second kappa shape index (κ2) is 4.98. The number of nitrogens with zero attached hydrogens (tertiary/aromatic N) is 1. The van der Waals surface area contributed by atoms with Gasteiger partial charge in [0.25, 0.3) is 0 Å². The molecule has 16 heavy (non-hydrogen) atoms. The summed E-state index contributed by atoms with van der Waals surface area (Å²) in [4.78, 5) is 2.46. The molecule has 0 aromatic heterocycles. The van der Waals surface area contributed by atoms with E-state index in [0.717, 1.165) is 6.54 Å². The minimum Gasteiger partial charge on any atom is -0.330 e. The Morgan fingerprint density at radius 3 is 2.88 bits per heavy atom. The molecular weight excluding hydrogens is 196 g/mol. The van der Waals surface area contributed by atoms with E-state index in [-0.39, 0.29) is 0 Å². The average molecular weight is 218 g/mol. The number of aryl methyl sites for hydroxylation is 1. The minimum absolute atomic E-state index is 0.493. The van der Waals surface area contributed by atoms with Gasteiger partial charge in [-0.3, -0.25) is 0 Å². The molecule has 1 heterocycles. The van der Waals surface area contributed by atoms with Crippen molar-refractivity contribution >= 4 is 0 Å². The zero-order chi connectivity index (χ0) is 11.5. The SMILES string of the molecule is Cc1cccc(C(CN)C2CCCN2C)c1. The zero-order valence-corrected chi connectivity index (χ0v) is 10.3. The molecule has 2 unspecified atom stereocenters. The fourth-order valence-electron chi connectivity index (χ4n) is 2.86. The summed E-state index contributed by atoms with van der Waals surface area (Å²) in [6.45, 7) is 4.11. The van der Waals surface area contributed by atoms with E-state index in [1.165, 1.54) is 30.5 Å². The normalized spacial score (nSPS) is 23.6. The summed E-state index contributed by atoms with van der Waals surface area (Å²) in [5.41, 5.74) is 8.70. The molecule has 1 aromatic carbocycles. The van der Waals surface area contributed by atoms with Crippen LogP contribution in [0.2, 0.25) is 0 Å². The minimum atomic E-state index is 0.493. The van der Waals surface area contributed by atoms with Gasteiger partial charge in [0.05, 0.1) is 0 Å². The summed E-state index contributed by atoms with van der Waals surface area (Å²) >= 11 is 0. The fourth-order valence-corrected chi connectivity index (χ4v) is 2.86. The quantitative estimate of drug-likeness (QED) is 0.842. The van der Waals surface area contributed by atoms with Crippen LogP contribution in [0.3, 0.4) is 0 Å². The first-order valence-corrected chi connectivity index (χ1v) is 6.19. The largest absolute Gasteiger partial charge is 0.330 e. The Balaban J connectivity index is 2.21. The third-order valence-corrected chi connectivity index (χ3v) is 3.77. The molecule has 0 bridgehead atoms. The van der Waals surface area contributed by atoms with Crippen LogP contribution in [0.1, 0.15) is 29.9 Å². The van der Waals surface area contributed by atoms with Crippen LogP contribution in [0.5, 0.6) is 0 Å². The third-order valence-electron chi connectivity index (χ3n) is 3.77. The molecule has 2 nitrogen and oxygen atoms in total. The highest BCUT2D eigenvalue weighted by molar-refractivity contribution is 5.27. The highest BCUT2D eigenvalue weighted by Gasteiger charge is 2.29. The molecule has 2 rings (SSSR count). The molecule has 2 heteroatoms. The van der Waals surface area contributed by atoms with Crippen molar-refractivity contribution in [2.75, 3.05) is 20.1 Å². The second-order valence-corrected chi connectivity index (χ2v) is 4.95. The summed E-state index contributed by atoms with van der Waals surface area (Å²) in [6.07, 6.45) is 2.59. The maximum absolute atomic E-state index is 5.97. The van der Waals surface area contributed by atoms with Gasteiger partial charge in [0.2, 0.25) is 0 Å². The van der Waals surface area contributed by atoms with Gasteiger partial charge >= 0.3 is 0 Å². The fraction of sp³-hybridized carbons (Fsp3) is 0.571. The molecule has 2 atom stereocenters. The van der Waals surface area contributed by atoms with E-state index < -0.39 is 0 Å². The molecule has 1 saturated heterocycles. The maximum atomic E-state index is 5.97. The van der Waals surface area contributed by atoms with Crippen molar-refractivity contribution in [3.05, 3.63) is 35.4 Å². The zero-order valence-electron chi connectivity index (χ0n) is 10.3. The first-order valence-electron chi connectivity index (χ1n) is 6.19. The van der Waals surface area contributed by atoms with E-state index >= 15 is 0 Å². The van der Waals surface area contributed by atoms with Gasteiger partial charge in [-0.2, -0.15) is 0 Å². The van der Waals surface area contributed by atoms with Crippen LogP contribution in [0.4, 0.5) is 0 Å².